The second-order valence-electron chi connectivity index (χ2n) is 5.93. The number of nitrogens with zero attached hydrogens (tertiary/aromatic N) is 1. The third-order valence-electron chi connectivity index (χ3n) is 4.06. The lowest BCUT2D eigenvalue weighted by Gasteiger charge is -2.05. The van der Waals surface area contributed by atoms with Gasteiger partial charge in [-0.25, -0.2) is 4.57 Å². The van der Waals surface area contributed by atoms with E-state index in [2.05, 4.69) is 70.9 Å². The maximum Gasteiger partial charge on any atom is 0.238 e. The van der Waals surface area contributed by atoms with Gasteiger partial charge in [0.05, 0.1) is 11.9 Å². The molecule has 0 spiro atoms. The maximum absolute atomic E-state index is 11.6. The Bertz CT molecular complexity index is 924. The summed E-state index contributed by atoms with van der Waals surface area (Å²) in [6, 6.07) is 18.3. The number of benzene rings is 2. The van der Waals surface area contributed by atoms with Crippen molar-refractivity contribution in [3.63, 3.8) is 0 Å². The number of nitrogens with one attached hydrogen (secondary N) is 2. The molecule has 27 heavy (non-hydrogen) atoms. The first-order valence-electron chi connectivity index (χ1n) is 8.27. The van der Waals surface area contributed by atoms with Gasteiger partial charge in [-0.05, 0) is 36.4 Å². The molecule has 4 nitrogen and oxygen atoms in total. The van der Waals surface area contributed by atoms with Crippen LogP contribution in [0.5, 0.6) is 0 Å². The molecule has 2 N–H and O–H groups in total. The largest absolute Gasteiger partial charge is 1.00 e. The number of fused-ring (bicyclic) bond motifs is 1. The highest BCUT2D eigenvalue weighted by Gasteiger charge is 2.06. The SMILES string of the molecule is CNCC(=O)Nc1ccc(C=Cc2cc[n+](C)c3ccccc23)cc1.Cl.[Cl-]. The lowest BCUT2D eigenvalue weighted by Crippen LogP contribution is -3.00. The van der Waals surface area contributed by atoms with E-state index in [-0.39, 0.29) is 30.7 Å². The van der Waals surface area contributed by atoms with Gasteiger partial charge < -0.3 is 23.0 Å². The molecule has 0 aliphatic rings. The predicted octanol–water partition coefficient (Wildman–Crippen LogP) is 0.418. The van der Waals surface area contributed by atoms with Gasteiger partial charge in [-0.2, -0.15) is 0 Å². The number of aromatic nitrogens is 1. The van der Waals surface area contributed by atoms with Crippen molar-refractivity contribution < 1.29 is 21.8 Å². The van der Waals surface area contributed by atoms with Crippen LogP contribution in [0.3, 0.4) is 0 Å². The molecule has 142 valence electrons. The molecule has 1 aromatic heterocycles. The van der Waals surface area contributed by atoms with E-state index in [0.717, 1.165) is 11.3 Å². The summed E-state index contributed by atoms with van der Waals surface area (Å²) in [5.74, 6) is -0.0468. The first-order chi connectivity index (χ1) is 12.2. The van der Waals surface area contributed by atoms with Crippen LogP contribution in [0.15, 0.2) is 60.8 Å². The van der Waals surface area contributed by atoms with Gasteiger partial charge in [0, 0.05) is 17.8 Å². The summed E-state index contributed by atoms with van der Waals surface area (Å²) in [5, 5.41) is 6.90. The fraction of sp³-hybridized carbons (Fsp3) is 0.143. The number of aryl methyl sites for hydroxylation is 1. The number of hydrogen-bond donors (Lipinski definition) is 2. The molecule has 0 aliphatic heterocycles. The summed E-state index contributed by atoms with van der Waals surface area (Å²) in [6.07, 6.45) is 6.28. The van der Waals surface area contributed by atoms with Crippen LogP contribution in [0.2, 0.25) is 0 Å². The minimum absolute atomic E-state index is 0. The normalized spacial score (nSPS) is 10.3. The van der Waals surface area contributed by atoms with Crippen molar-refractivity contribution in [2.75, 3.05) is 18.9 Å². The monoisotopic (exact) mass is 403 g/mol. The zero-order chi connectivity index (χ0) is 17.6. The van der Waals surface area contributed by atoms with Crippen LogP contribution in [0, 0.1) is 0 Å². The Morgan fingerprint density at radius 1 is 1.04 bits per heavy atom. The molecular weight excluding hydrogens is 381 g/mol. The van der Waals surface area contributed by atoms with Crippen LogP contribution in [0.4, 0.5) is 5.69 Å². The number of carbonyl (C=O) groups excluding carboxylic acids is 1. The van der Waals surface area contributed by atoms with Crippen LogP contribution >= 0.6 is 12.4 Å². The van der Waals surface area contributed by atoms with Crippen molar-refractivity contribution in [3.05, 3.63) is 71.9 Å². The Kier molecular flexibility index (Phi) is 8.95. The summed E-state index contributed by atoms with van der Waals surface area (Å²) >= 11 is 0. The fourth-order valence-electron chi connectivity index (χ4n) is 2.76. The Hall–Kier alpha value is -2.40. The zero-order valence-electron chi connectivity index (χ0n) is 15.3. The van der Waals surface area contributed by atoms with E-state index in [9.17, 15) is 4.79 Å². The summed E-state index contributed by atoms with van der Waals surface area (Å²) in [6.45, 7) is 0.306. The molecule has 1 amide bonds. The van der Waals surface area contributed by atoms with E-state index < -0.39 is 0 Å². The van der Waals surface area contributed by atoms with Crippen LogP contribution in [-0.4, -0.2) is 19.5 Å². The lowest BCUT2D eigenvalue weighted by atomic mass is 10.1. The van der Waals surface area contributed by atoms with Crippen molar-refractivity contribution in [1.82, 2.24) is 5.32 Å². The van der Waals surface area contributed by atoms with Gasteiger partial charge in [-0.3, -0.25) is 4.79 Å². The number of amides is 1. The molecular formula is C21H23Cl2N3O. The number of halogens is 2. The third kappa shape index (κ3) is 5.79. The molecule has 2 aromatic carbocycles. The molecule has 0 aliphatic carbocycles. The van der Waals surface area contributed by atoms with Gasteiger partial charge in [0.1, 0.15) is 7.05 Å². The van der Waals surface area contributed by atoms with Crippen molar-refractivity contribution >= 4 is 47.1 Å². The zero-order valence-corrected chi connectivity index (χ0v) is 16.8. The molecule has 0 saturated carbocycles. The number of para-hydroxylation sites is 1. The first-order valence-corrected chi connectivity index (χ1v) is 8.27. The average Bonchev–Trinajstić information content (AvgIpc) is 2.63. The van der Waals surface area contributed by atoms with E-state index in [0.29, 0.717) is 6.54 Å². The highest BCUT2D eigenvalue weighted by Crippen LogP contribution is 2.18. The Morgan fingerprint density at radius 2 is 1.74 bits per heavy atom. The van der Waals surface area contributed by atoms with Crippen molar-refractivity contribution in [2.24, 2.45) is 7.05 Å². The fourth-order valence-corrected chi connectivity index (χ4v) is 2.76. The standard InChI is InChI=1S/C21H21N3O.2ClH/c1-22-15-21(25)23-18-11-8-16(9-12-18)7-10-17-13-14-24(2)20-6-4-3-5-19(17)20;;/h3-14,22H,15H2,1-2H3;2*1H. The molecule has 0 bridgehead atoms. The average molecular weight is 404 g/mol. The molecule has 3 rings (SSSR count). The summed E-state index contributed by atoms with van der Waals surface area (Å²) < 4.78 is 2.12. The molecule has 0 fully saturated rings. The molecule has 0 radical (unpaired) electrons. The highest BCUT2D eigenvalue weighted by atomic mass is 35.5. The number of pyridine rings is 1. The van der Waals surface area contributed by atoms with E-state index in [1.807, 2.05) is 24.3 Å². The molecule has 1 heterocycles. The van der Waals surface area contributed by atoms with Crippen LogP contribution < -0.4 is 27.6 Å². The van der Waals surface area contributed by atoms with Crippen molar-refractivity contribution in [3.8, 4) is 0 Å². The second kappa shape index (κ2) is 10.7. The number of hydrogen-bond acceptors (Lipinski definition) is 2. The maximum atomic E-state index is 11.6. The Labute approximate surface area is 172 Å². The summed E-state index contributed by atoms with van der Waals surface area (Å²) in [7, 11) is 3.80. The Balaban J connectivity index is 0.00000182. The number of carbonyl (C=O) groups is 1. The third-order valence-corrected chi connectivity index (χ3v) is 4.06. The van der Waals surface area contributed by atoms with E-state index >= 15 is 0 Å². The first kappa shape index (κ1) is 22.6. The number of anilines is 1. The molecule has 0 unspecified atom stereocenters. The minimum atomic E-state index is -0.0468. The van der Waals surface area contributed by atoms with Gasteiger partial charge in [-0.1, -0.05) is 36.4 Å². The van der Waals surface area contributed by atoms with Crippen molar-refractivity contribution in [1.29, 1.82) is 0 Å². The van der Waals surface area contributed by atoms with Crippen LogP contribution in [0.1, 0.15) is 11.1 Å². The van der Waals surface area contributed by atoms with Gasteiger partial charge in [0.25, 0.3) is 0 Å². The molecule has 3 aromatic rings. The smallest absolute Gasteiger partial charge is 0.238 e. The van der Waals surface area contributed by atoms with Gasteiger partial charge in [-0.15, -0.1) is 12.4 Å². The van der Waals surface area contributed by atoms with Gasteiger partial charge in [0.15, 0.2) is 6.20 Å². The van der Waals surface area contributed by atoms with Crippen LogP contribution in [0.25, 0.3) is 23.1 Å². The lowest BCUT2D eigenvalue weighted by molar-refractivity contribution is -0.644. The van der Waals surface area contributed by atoms with Crippen molar-refractivity contribution in [2.45, 2.75) is 0 Å². The topological polar surface area (TPSA) is 45.0 Å². The minimum Gasteiger partial charge on any atom is -1.00 e. The molecule has 0 atom stereocenters. The highest BCUT2D eigenvalue weighted by molar-refractivity contribution is 5.92. The van der Waals surface area contributed by atoms with E-state index in [1.165, 1.54) is 16.5 Å². The van der Waals surface area contributed by atoms with Crippen LogP contribution in [-0.2, 0) is 11.8 Å². The summed E-state index contributed by atoms with van der Waals surface area (Å²) in [4.78, 5) is 11.6. The van der Waals surface area contributed by atoms with Gasteiger partial charge in [0.2, 0.25) is 11.4 Å². The van der Waals surface area contributed by atoms with Gasteiger partial charge >= 0.3 is 0 Å². The Morgan fingerprint density at radius 3 is 2.44 bits per heavy atom. The number of likely N-dealkylation sites (N-methyl/N-ethyl adjacent to an activating group) is 1. The second-order valence-corrected chi connectivity index (χ2v) is 5.93. The van der Waals surface area contributed by atoms with E-state index in [4.69, 9.17) is 0 Å². The molecule has 6 heteroatoms. The van der Waals surface area contributed by atoms with E-state index in [1.54, 1.807) is 7.05 Å². The summed E-state index contributed by atoms with van der Waals surface area (Å²) in [5.41, 5.74) is 4.27. The molecule has 0 saturated heterocycles. The predicted molar refractivity (Wildman–Crippen MR) is 110 cm³/mol. The quantitative estimate of drug-likeness (QED) is 0.606. The number of rotatable bonds is 5.